The Morgan fingerprint density at radius 3 is 2.78 bits per heavy atom. The molecule has 5 nitrogen and oxygen atoms in total. The van der Waals surface area contributed by atoms with Gasteiger partial charge in [0, 0.05) is 0 Å². The zero-order chi connectivity index (χ0) is 13.1. The van der Waals surface area contributed by atoms with Crippen molar-refractivity contribution in [2.24, 2.45) is 0 Å². The molecule has 0 radical (unpaired) electrons. The molecule has 0 aliphatic heterocycles. The van der Waals surface area contributed by atoms with E-state index in [1.165, 1.54) is 29.9 Å². The first-order valence-corrected chi connectivity index (χ1v) is 6.07. The van der Waals surface area contributed by atoms with E-state index in [4.69, 9.17) is 16.7 Å². The second-order valence-corrected chi connectivity index (χ2v) is 4.58. The van der Waals surface area contributed by atoms with Crippen LogP contribution in [-0.2, 0) is 0 Å². The van der Waals surface area contributed by atoms with Gasteiger partial charge in [0.25, 0.3) is 5.91 Å². The van der Waals surface area contributed by atoms with E-state index in [2.05, 4.69) is 10.3 Å². The number of rotatable bonds is 3. The minimum atomic E-state index is -1.16. The fourth-order valence-electron chi connectivity index (χ4n) is 1.33. The van der Waals surface area contributed by atoms with Gasteiger partial charge in [0.2, 0.25) is 0 Å². The van der Waals surface area contributed by atoms with Crippen molar-refractivity contribution in [3.63, 3.8) is 0 Å². The Hall–Kier alpha value is -1.92. The van der Waals surface area contributed by atoms with Gasteiger partial charge in [-0.1, -0.05) is 17.7 Å². The Labute approximate surface area is 111 Å². The van der Waals surface area contributed by atoms with Crippen LogP contribution in [0.5, 0.6) is 0 Å². The Morgan fingerprint density at radius 2 is 2.17 bits per heavy atom. The van der Waals surface area contributed by atoms with Crippen molar-refractivity contribution in [1.29, 1.82) is 0 Å². The number of carboxylic acids is 1. The number of halogens is 1. The molecule has 92 valence electrons. The molecular weight excluding hydrogens is 276 g/mol. The number of nitrogens with one attached hydrogen (secondary N) is 1. The molecule has 1 heterocycles. The highest BCUT2D eigenvalue weighted by molar-refractivity contribution is 7.11. The van der Waals surface area contributed by atoms with E-state index < -0.39 is 11.9 Å². The van der Waals surface area contributed by atoms with Crippen LogP contribution in [0.15, 0.2) is 29.9 Å². The number of aromatic carboxylic acids is 1. The average Bonchev–Trinajstić information content (AvgIpc) is 2.85. The number of carbonyl (C=O) groups excluding carboxylic acids is 1. The van der Waals surface area contributed by atoms with Gasteiger partial charge in [0.1, 0.15) is 4.88 Å². The van der Waals surface area contributed by atoms with E-state index >= 15 is 0 Å². The minimum absolute atomic E-state index is 0.0552. The summed E-state index contributed by atoms with van der Waals surface area (Å²) in [6.45, 7) is 0. The van der Waals surface area contributed by atoms with Crippen LogP contribution in [0.2, 0.25) is 5.02 Å². The molecule has 0 aliphatic carbocycles. The number of aromatic nitrogens is 1. The monoisotopic (exact) mass is 282 g/mol. The maximum absolute atomic E-state index is 11.8. The van der Waals surface area contributed by atoms with Crippen LogP contribution in [0.4, 0.5) is 5.69 Å². The third kappa shape index (κ3) is 2.49. The number of carbonyl (C=O) groups is 2. The summed E-state index contributed by atoms with van der Waals surface area (Å²) in [5.74, 6) is -1.59. The lowest BCUT2D eigenvalue weighted by Gasteiger charge is -2.09. The van der Waals surface area contributed by atoms with E-state index in [-0.39, 0.29) is 16.3 Å². The fourth-order valence-corrected chi connectivity index (χ4v) is 2.07. The molecule has 0 saturated carbocycles. The number of nitrogens with zero attached hydrogens (tertiary/aromatic N) is 1. The summed E-state index contributed by atoms with van der Waals surface area (Å²) in [5.41, 5.74) is 1.55. The Morgan fingerprint density at radius 1 is 1.39 bits per heavy atom. The van der Waals surface area contributed by atoms with Gasteiger partial charge >= 0.3 is 5.97 Å². The molecule has 0 saturated heterocycles. The highest BCUT2D eigenvalue weighted by Crippen LogP contribution is 2.26. The zero-order valence-corrected chi connectivity index (χ0v) is 10.5. The highest BCUT2D eigenvalue weighted by Gasteiger charge is 2.16. The number of amides is 1. The Kier molecular flexibility index (Phi) is 3.59. The Balaban J connectivity index is 2.34. The number of hydrogen-bond acceptors (Lipinski definition) is 4. The number of anilines is 1. The number of carboxylic acid groups (broad SMARTS) is 1. The number of para-hydroxylation sites is 1. The first kappa shape index (κ1) is 12.5. The molecule has 0 spiro atoms. The lowest BCUT2D eigenvalue weighted by molar-refractivity contribution is 0.0698. The topological polar surface area (TPSA) is 79.3 Å². The maximum atomic E-state index is 11.8. The van der Waals surface area contributed by atoms with Crippen molar-refractivity contribution in [2.45, 2.75) is 0 Å². The van der Waals surface area contributed by atoms with Crippen LogP contribution < -0.4 is 5.32 Å². The predicted octanol–water partition coefficient (Wildman–Crippen LogP) is 2.75. The SMILES string of the molecule is O=C(Nc1c(Cl)cccc1C(=O)O)c1cncs1. The number of thiazole rings is 1. The van der Waals surface area contributed by atoms with Gasteiger partial charge in [-0.25, -0.2) is 4.79 Å². The van der Waals surface area contributed by atoms with E-state index in [1.807, 2.05) is 0 Å². The van der Waals surface area contributed by atoms with Crippen molar-refractivity contribution in [1.82, 2.24) is 4.98 Å². The second kappa shape index (κ2) is 5.16. The first-order valence-electron chi connectivity index (χ1n) is 4.81. The van der Waals surface area contributed by atoms with Crippen LogP contribution in [0.25, 0.3) is 0 Å². The maximum Gasteiger partial charge on any atom is 0.337 e. The zero-order valence-electron chi connectivity index (χ0n) is 8.88. The number of hydrogen-bond donors (Lipinski definition) is 2. The molecule has 1 aromatic heterocycles. The van der Waals surface area contributed by atoms with Gasteiger partial charge in [0.15, 0.2) is 0 Å². The molecule has 0 aliphatic rings. The van der Waals surface area contributed by atoms with E-state index in [0.29, 0.717) is 4.88 Å². The smallest absolute Gasteiger partial charge is 0.337 e. The van der Waals surface area contributed by atoms with E-state index in [9.17, 15) is 9.59 Å². The van der Waals surface area contributed by atoms with Crippen molar-refractivity contribution >= 4 is 40.5 Å². The van der Waals surface area contributed by atoms with Gasteiger partial charge in [-0.3, -0.25) is 9.78 Å². The summed E-state index contributed by atoms with van der Waals surface area (Å²) >= 11 is 7.05. The molecule has 1 amide bonds. The lowest BCUT2D eigenvalue weighted by Crippen LogP contribution is -2.14. The van der Waals surface area contributed by atoms with Gasteiger partial charge in [-0.15, -0.1) is 11.3 Å². The first-order chi connectivity index (χ1) is 8.59. The summed E-state index contributed by atoms with van der Waals surface area (Å²) in [7, 11) is 0. The molecule has 2 aromatic rings. The summed E-state index contributed by atoms with van der Waals surface area (Å²) < 4.78 is 0. The van der Waals surface area contributed by atoms with Crippen LogP contribution >= 0.6 is 22.9 Å². The second-order valence-electron chi connectivity index (χ2n) is 3.29. The highest BCUT2D eigenvalue weighted by atomic mass is 35.5. The molecule has 2 rings (SSSR count). The van der Waals surface area contributed by atoms with Crippen LogP contribution in [0.1, 0.15) is 20.0 Å². The minimum Gasteiger partial charge on any atom is -0.478 e. The van der Waals surface area contributed by atoms with Crippen LogP contribution in [-0.4, -0.2) is 22.0 Å². The van der Waals surface area contributed by atoms with Crippen molar-refractivity contribution in [2.75, 3.05) is 5.32 Å². The number of benzene rings is 1. The normalized spacial score (nSPS) is 10.1. The van der Waals surface area contributed by atoms with E-state index in [0.717, 1.165) is 11.3 Å². The largest absolute Gasteiger partial charge is 0.478 e. The third-order valence-electron chi connectivity index (χ3n) is 2.14. The summed E-state index contributed by atoms with van der Waals surface area (Å²) in [4.78, 5) is 27.0. The van der Waals surface area contributed by atoms with Crippen molar-refractivity contribution < 1.29 is 14.7 Å². The Bertz CT molecular complexity index is 598. The van der Waals surface area contributed by atoms with Gasteiger partial charge in [-0.2, -0.15) is 0 Å². The van der Waals surface area contributed by atoms with Gasteiger partial charge in [0.05, 0.1) is 28.0 Å². The average molecular weight is 283 g/mol. The molecule has 1 aromatic carbocycles. The molecule has 0 unspecified atom stereocenters. The van der Waals surface area contributed by atoms with Crippen LogP contribution in [0, 0.1) is 0 Å². The molecular formula is C11H7ClN2O3S. The lowest BCUT2D eigenvalue weighted by atomic mass is 10.2. The fraction of sp³-hybridized carbons (Fsp3) is 0. The molecule has 18 heavy (non-hydrogen) atoms. The van der Waals surface area contributed by atoms with Gasteiger partial charge in [-0.05, 0) is 12.1 Å². The molecule has 2 N–H and O–H groups in total. The predicted molar refractivity (Wildman–Crippen MR) is 68.5 cm³/mol. The third-order valence-corrected chi connectivity index (χ3v) is 3.23. The van der Waals surface area contributed by atoms with Gasteiger partial charge < -0.3 is 10.4 Å². The van der Waals surface area contributed by atoms with Crippen LogP contribution in [0.3, 0.4) is 0 Å². The summed E-state index contributed by atoms with van der Waals surface area (Å²) in [6.07, 6.45) is 1.40. The quantitative estimate of drug-likeness (QED) is 0.907. The standard InChI is InChI=1S/C11H7ClN2O3S/c12-7-3-1-2-6(11(16)17)9(7)14-10(15)8-4-13-5-18-8/h1-5H,(H,14,15)(H,16,17). The summed E-state index contributed by atoms with van der Waals surface area (Å²) in [5, 5.41) is 11.7. The van der Waals surface area contributed by atoms with Crippen molar-refractivity contribution in [3.05, 3.63) is 45.4 Å². The van der Waals surface area contributed by atoms with Crippen molar-refractivity contribution in [3.8, 4) is 0 Å². The summed E-state index contributed by atoms with van der Waals surface area (Å²) in [6, 6.07) is 4.39. The molecule has 0 bridgehead atoms. The molecule has 0 fully saturated rings. The molecule has 7 heteroatoms. The molecule has 0 atom stereocenters. The van der Waals surface area contributed by atoms with E-state index in [1.54, 1.807) is 0 Å².